The molecular weight excluding hydrogens is 248 g/mol. The number of ether oxygens (including phenoxy) is 1. The molecule has 2 aliphatic rings. The van der Waals surface area contributed by atoms with E-state index in [0.29, 0.717) is 19.5 Å². The van der Waals surface area contributed by atoms with Gasteiger partial charge in [-0.2, -0.15) is 0 Å². The third kappa shape index (κ3) is 3.37. The van der Waals surface area contributed by atoms with E-state index in [-0.39, 0.29) is 12.1 Å². The molecule has 2 amide bonds. The molecule has 0 spiro atoms. The van der Waals surface area contributed by atoms with Crippen molar-refractivity contribution in [3.05, 3.63) is 0 Å². The summed E-state index contributed by atoms with van der Waals surface area (Å²) in [6, 6.07) is -1.06. The van der Waals surface area contributed by atoms with Crippen LogP contribution in [0.5, 0.6) is 0 Å². The van der Waals surface area contributed by atoms with E-state index in [1.807, 2.05) is 0 Å². The van der Waals surface area contributed by atoms with Crippen LogP contribution in [0.4, 0.5) is 4.79 Å². The van der Waals surface area contributed by atoms with E-state index in [1.165, 1.54) is 24.2 Å². The third-order valence-electron chi connectivity index (χ3n) is 4.20. The molecule has 108 valence electrons. The lowest BCUT2D eigenvalue weighted by atomic mass is 9.83. The van der Waals surface area contributed by atoms with Crippen molar-refractivity contribution in [3.63, 3.8) is 0 Å². The number of hydrogen-bond acceptors (Lipinski definition) is 3. The Morgan fingerprint density at radius 3 is 2.68 bits per heavy atom. The molecule has 6 heteroatoms. The minimum absolute atomic E-state index is 0.182. The summed E-state index contributed by atoms with van der Waals surface area (Å²) in [5.41, 5.74) is 0. The van der Waals surface area contributed by atoms with E-state index in [4.69, 9.17) is 9.84 Å². The van der Waals surface area contributed by atoms with Crippen molar-refractivity contribution in [1.82, 2.24) is 10.2 Å². The lowest BCUT2D eigenvalue weighted by Gasteiger charge is -2.26. The van der Waals surface area contributed by atoms with Crippen molar-refractivity contribution in [1.29, 1.82) is 0 Å². The minimum atomic E-state index is -0.964. The van der Waals surface area contributed by atoms with E-state index >= 15 is 0 Å². The first-order valence-electron chi connectivity index (χ1n) is 6.92. The van der Waals surface area contributed by atoms with Crippen LogP contribution in [0.1, 0.15) is 32.1 Å². The fourth-order valence-corrected chi connectivity index (χ4v) is 2.69. The van der Waals surface area contributed by atoms with Crippen LogP contribution < -0.4 is 5.32 Å². The van der Waals surface area contributed by atoms with Crippen molar-refractivity contribution in [2.45, 2.75) is 44.2 Å². The molecule has 19 heavy (non-hydrogen) atoms. The molecule has 1 saturated heterocycles. The highest BCUT2D eigenvalue weighted by Crippen LogP contribution is 2.28. The Morgan fingerprint density at radius 1 is 1.42 bits per heavy atom. The van der Waals surface area contributed by atoms with Crippen molar-refractivity contribution >= 4 is 12.0 Å². The quantitative estimate of drug-likeness (QED) is 0.783. The number of aliphatic carboxylic acids is 1. The van der Waals surface area contributed by atoms with Gasteiger partial charge in [-0.25, -0.2) is 9.59 Å². The van der Waals surface area contributed by atoms with E-state index in [9.17, 15) is 9.59 Å². The van der Waals surface area contributed by atoms with Crippen molar-refractivity contribution in [2.24, 2.45) is 5.92 Å². The normalized spacial score (nSPS) is 27.1. The van der Waals surface area contributed by atoms with E-state index in [0.717, 1.165) is 12.3 Å². The standard InChI is InChI=1S/C13H22N2O4/c1-19-10-7-11(12(16)17)15(8-10)13(18)14-6-5-9-3-2-4-9/h9-11H,2-8H2,1H3,(H,14,18)(H,16,17). The Bertz CT molecular complexity index is 344. The molecule has 2 N–H and O–H groups in total. The van der Waals surface area contributed by atoms with Gasteiger partial charge in [0.1, 0.15) is 6.04 Å². The van der Waals surface area contributed by atoms with Crippen LogP contribution in [0.25, 0.3) is 0 Å². The zero-order chi connectivity index (χ0) is 13.8. The number of carboxylic acids is 1. The maximum atomic E-state index is 12.0. The van der Waals surface area contributed by atoms with E-state index < -0.39 is 12.0 Å². The van der Waals surface area contributed by atoms with Gasteiger partial charge in [-0.1, -0.05) is 19.3 Å². The van der Waals surface area contributed by atoms with Gasteiger partial charge in [0.15, 0.2) is 0 Å². The molecule has 1 heterocycles. The molecule has 1 saturated carbocycles. The van der Waals surface area contributed by atoms with Gasteiger partial charge in [-0.3, -0.25) is 0 Å². The fraction of sp³-hybridized carbons (Fsp3) is 0.846. The summed E-state index contributed by atoms with van der Waals surface area (Å²) in [5.74, 6) is -0.227. The predicted molar refractivity (Wildman–Crippen MR) is 68.9 cm³/mol. The minimum Gasteiger partial charge on any atom is -0.480 e. The molecule has 1 aliphatic heterocycles. The summed E-state index contributed by atoms with van der Waals surface area (Å²) in [7, 11) is 1.54. The first-order chi connectivity index (χ1) is 9.11. The van der Waals surface area contributed by atoms with Crippen LogP contribution in [-0.4, -0.2) is 54.4 Å². The maximum Gasteiger partial charge on any atom is 0.326 e. The second-order valence-electron chi connectivity index (χ2n) is 5.42. The summed E-state index contributed by atoms with van der Waals surface area (Å²) >= 11 is 0. The number of hydrogen-bond donors (Lipinski definition) is 2. The number of nitrogens with zero attached hydrogens (tertiary/aromatic N) is 1. The van der Waals surface area contributed by atoms with Gasteiger partial charge in [0, 0.05) is 26.6 Å². The van der Waals surface area contributed by atoms with E-state index in [2.05, 4.69) is 5.32 Å². The zero-order valence-corrected chi connectivity index (χ0v) is 11.3. The Morgan fingerprint density at radius 2 is 2.16 bits per heavy atom. The Labute approximate surface area is 113 Å². The molecule has 0 bridgehead atoms. The number of rotatable bonds is 5. The van der Waals surface area contributed by atoms with Crippen LogP contribution in [0.3, 0.4) is 0 Å². The highest BCUT2D eigenvalue weighted by atomic mass is 16.5. The lowest BCUT2D eigenvalue weighted by molar-refractivity contribution is -0.141. The Balaban J connectivity index is 1.80. The molecule has 2 rings (SSSR count). The largest absolute Gasteiger partial charge is 0.480 e. The predicted octanol–water partition coefficient (Wildman–Crippen LogP) is 1.06. The summed E-state index contributed by atoms with van der Waals surface area (Å²) < 4.78 is 5.16. The second-order valence-corrected chi connectivity index (χ2v) is 5.42. The first kappa shape index (κ1) is 14.1. The molecule has 2 fully saturated rings. The number of carbonyl (C=O) groups excluding carboxylic acids is 1. The van der Waals surface area contributed by atoms with E-state index in [1.54, 1.807) is 7.11 Å². The number of nitrogens with one attached hydrogen (secondary N) is 1. The zero-order valence-electron chi connectivity index (χ0n) is 11.3. The van der Waals surface area contributed by atoms with Gasteiger partial charge in [0.05, 0.1) is 6.10 Å². The Kier molecular flexibility index (Phi) is 4.63. The molecule has 6 nitrogen and oxygen atoms in total. The molecule has 2 unspecified atom stereocenters. The highest BCUT2D eigenvalue weighted by molar-refractivity contribution is 5.83. The molecule has 0 aromatic carbocycles. The molecule has 0 aromatic heterocycles. The second kappa shape index (κ2) is 6.23. The number of carboxylic acid groups (broad SMARTS) is 1. The average Bonchev–Trinajstić information content (AvgIpc) is 2.76. The monoisotopic (exact) mass is 270 g/mol. The molecule has 1 aliphatic carbocycles. The number of urea groups is 1. The van der Waals surface area contributed by atoms with Crippen LogP contribution in [0, 0.1) is 5.92 Å². The third-order valence-corrected chi connectivity index (χ3v) is 4.20. The van der Waals surface area contributed by atoms with Crippen molar-refractivity contribution < 1.29 is 19.4 Å². The smallest absolute Gasteiger partial charge is 0.326 e. The number of methoxy groups -OCH3 is 1. The summed E-state index contributed by atoms with van der Waals surface area (Å²) in [5, 5.41) is 12.0. The average molecular weight is 270 g/mol. The topological polar surface area (TPSA) is 78.9 Å². The summed E-state index contributed by atoms with van der Waals surface area (Å²) in [6.07, 6.45) is 4.97. The molecule has 0 radical (unpaired) electrons. The van der Waals surface area contributed by atoms with Gasteiger partial charge >= 0.3 is 12.0 Å². The van der Waals surface area contributed by atoms with Gasteiger partial charge in [-0.05, 0) is 12.3 Å². The lowest BCUT2D eigenvalue weighted by Crippen LogP contribution is -2.46. The highest BCUT2D eigenvalue weighted by Gasteiger charge is 2.39. The van der Waals surface area contributed by atoms with Gasteiger partial charge < -0.3 is 20.1 Å². The van der Waals surface area contributed by atoms with Gasteiger partial charge in [0.25, 0.3) is 0 Å². The Hall–Kier alpha value is -1.30. The van der Waals surface area contributed by atoms with Crippen molar-refractivity contribution in [2.75, 3.05) is 20.2 Å². The number of carbonyl (C=O) groups is 2. The van der Waals surface area contributed by atoms with Crippen LogP contribution in [0.15, 0.2) is 0 Å². The molecule has 2 atom stereocenters. The van der Waals surface area contributed by atoms with Crippen LogP contribution >= 0.6 is 0 Å². The van der Waals surface area contributed by atoms with Gasteiger partial charge in [-0.15, -0.1) is 0 Å². The first-order valence-corrected chi connectivity index (χ1v) is 6.92. The number of likely N-dealkylation sites (tertiary alicyclic amines) is 1. The fourth-order valence-electron chi connectivity index (χ4n) is 2.69. The summed E-state index contributed by atoms with van der Waals surface area (Å²) in [4.78, 5) is 24.5. The van der Waals surface area contributed by atoms with Crippen LogP contribution in [0.2, 0.25) is 0 Å². The van der Waals surface area contributed by atoms with Crippen LogP contribution in [-0.2, 0) is 9.53 Å². The number of amides is 2. The van der Waals surface area contributed by atoms with Crippen molar-refractivity contribution in [3.8, 4) is 0 Å². The maximum absolute atomic E-state index is 12.0. The molecule has 0 aromatic rings. The summed E-state index contributed by atoms with van der Waals surface area (Å²) in [6.45, 7) is 0.979. The van der Waals surface area contributed by atoms with Gasteiger partial charge in [0.2, 0.25) is 0 Å². The molecular formula is C13H22N2O4. The SMILES string of the molecule is COC1CC(C(=O)O)N(C(=O)NCCC2CCC2)C1.